The predicted molar refractivity (Wildman–Crippen MR) is 77.2 cm³/mol. The molecule has 112 valence electrons. The van der Waals surface area contributed by atoms with E-state index in [1.54, 1.807) is 31.3 Å². The number of benzene rings is 1. The summed E-state index contributed by atoms with van der Waals surface area (Å²) in [6.45, 7) is 3.00. The van der Waals surface area contributed by atoms with E-state index in [0.29, 0.717) is 24.6 Å². The second-order valence-corrected chi connectivity index (χ2v) is 4.46. The Labute approximate surface area is 120 Å². The Kier molecular flexibility index (Phi) is 6.87. The summed E-state index contributed by atoms with van der Waals surface area (Å²) in [5.41, 5.74) is 0.817. The minimum absolute atomic E-state index is 0.00985. The van der Waals surface area contributed by atoms with E-state index in [4.69, 9.17) is 14.6 Å². The van der Waals surface area contributed by atoms with Gasteiger partial charge in [0, 0.05) is 24.7 Å². The van der Waals surface area contributed by atoms with Crippen LogP contribution in [0.15, 0.2) is 18.2 Å². The van der Waals surface area contributed by atoms with E-state index in [-0.39, 0.29) is 18.9 Å². The van der Waals surface area contributed by atoms with E-state index in [9.17, 15) is 4.79 Å². The highest BCUT2D eigenvalue weighted by Gasteiger charge is 2.15. The van der Waals surface area contributed by atoms with Crippen molar-refractivity contribution in [3.05, 3.63) is 23.8 Å². The van der Waals surface area contributed by atoms with Gasteiger partial charge in [-0.25, -0.2) is 0 Å². The number of carbonyl (C=O) groups is 1. The molecule has 0 spiro atoms. The standard InChI is InChI=1S/C15H23NO4/c1-4-7-16(8-9-17)15(18)10-12-5-6-13(19-2)11-14(12)20-3/h5-6,11,17H,4,7-10H2,1-3H3. The maximum atomic E-state index is 12.2. The quantitative estimate of drug-likeness (QED) is 0.784. The number of methoxy groups -OCH3 is 2. The number of aliphatic hydroxyl groups excluding tert-OH is 1. The van der Waals surface area contributed by atoms with Crippen molar-refractivity contribution in [1.82, 2.24) is 4.90 Å². The Balaban J connectivity index is 2.82. The van der Waals surface area contributed by atoms with E-state index in [0.717, 1.165) is 12.0 Å². The molecule has 5 nitrogen and oxygen atoms in total. The van der Waals surface area contributed by atoms with E-state index in [1.165, 1.54) is 0 Å². The Morgan fingerprint density at radius 1 is 1.25 bits per heavy atom. The fraction of sp³-hybridized carbons (Fsp3) is 0.533. The molecule has 5 heteroatoms. The van der Waals surface area contributed by atoms with Crippen LogP contribution < -0.4 is 9.47 Å². The van der Waals surface area contributed by atoms with Gasteiger partial charge in [-0.3, -0.25) is 4.79 Å². The molecule has 0 saturated heterocycles. The molecule has 0 atom stereocenters. The van der Waals surface area contributed by atoms with Crippen molar-refractivity contribution in [3.8, 4) is 11.5 Å². The Bertz CT molecular complexity index is 428. The first kappa shape index (κ1) is 16.3. The molecule has 0 bridgehead atoms. The van der Waals surface area contributed by atoms with E-state index < -0.39 is 0 Å². The lowest BCUT2D eigenvalue weighted by Gasteiger charge is -2.21. The predicted octanol–water partition coefficient (Wildman–Crippen LogP) is 1.48. The molecule has 0 heterocycles. The average molecular weight is 281 g/mol. The topological polar surface area (TPSA) is 59.0 Å². The van der Waals surface area contributed by atoms with Crippen molar-refractivity contribution < 1.29 is 19.4 Å². The molecule has 1 amide bonds. The molecule has 20 heavy (non-hydrogen) atoms. The highest BCUT2D eigenvalue weighted by Crippen LogP contribution is 2.25. The number of carbonyl (C=O) groups excluding carboxylic acids is 1. The van der Waals surface area contributed by atoms with Crippen molar-refractivity contribution in [1.29, 1.82) is 0 Å². The van der Waals surface area contributed by atoms with Crippen LogP contribution in [0.4, 0.5) is 0 Å². The summed E-state index contributed by atoms with van der Waals surface area (Å²) in [6.07, 6.45) is 1.12. The van der Waals surface area contributed by atoms with Crippen molar-refractivity contribution in [2.45, 2.75) is 19.8 Å². The van der Waals surface area contributed by atoms with Crippen LogP contribution in [0.3, 0.4) is 0 Å². The zero-order valence-corrected chi connectivity index (χ0v) is 12.4. The van der Waals surface area contributed by atoms with Gasteiger partial charge in [0.2, 0.25) is 5.91 Å². The lowest BCUT2D eigenvalue weighted by molar-refractivity contribution is -0.131. The van der Waals surface area contributed by atoms with Crippen LogP contribution >= 0.6 is 0 Å². The molecular weight excluding hydrogens is 258 g/mol. The third-order valence-electron chi connectivity index (χ3n) is 3.05. The molecule has 1 N–H and O–H groups in total. The molecule has 0 aromatic heterocycles. The van der Waals surface area contributed by atoms with Gasteiger partial charge in [-0.15, -0.1) is 0 Å². The summed E-state index contributed by atoms with van der Waals surface area (Å²) in [4.78, 5) is 13.9. The van der Waals surface area contributed by atoms with Crippen LogP contribution in [-0.2, 0) is 11.2 Å². The molecule has 0 aliphatic heterocycles. The summed E-state index contributed by atoms with van der Waals surface area (Å²) in [5, 5.41) is 9.01. The first-order valence-corrected chi connectivity index (χ1v) is 6.75. The molecular formula is C15H23NO4. The van der Waals surface area contributed by atoms with Gasteiger partial charge in [-0.2, -0.15) is 0 Å². The fourth-order valence-electron chi connectivity index (χ4n) is 2.02. The number of ether oxygens (including phenoxy) is 2. The first-order chi connectivity index (χ1) is 9.65. The lowest BCUT2D eigenvalue weighted by atomic mass is 10.1. The minimum atomic E-state index is -0.0223. The zero-order valence-electron chi connectivity index (χ0n) is 12.4. The lowest BCUT2D eigenvalue weighted by Crippen LogP contribution is -2.35. The van der Waals surface area contributed by atoms with Gasteiger partial charge in [0.1, 0.15) is 11.5 Å². The van der Waals surface area contributed by atoms with Gasteiger partial charge in [-0.05, 0) is 12.5 Å². The molecule has 0 radical (unpaired) electrons. The summed E-state index contributed by atoms with van der Waals surface area (Å²) < 4.78 is 10.4. The van der Waals surface area contributed by atoms with E-state index in [2.05, 4.69) is 0 Å². The number of rotatable bonds is 8. The molecule has 0 aliphatic rings. The van der Waals surface area contributed by atoms with Crippen molar-refractivity contribution in [2.75, 3.05) is 33.9 Å². The summed E-state index contributed by atoms with van der Waals surface area (Å²) in [5.74, 6) is 1.32. The normalized spacial score (nSPS) is 10.2. The van der Waals surface area contributed by atoms with Gasteiger partial charge in [0.15, 0.2) is 0 Å². The van der Waals surface area contributed by atoms with Crippen LogP contribution in [0, 0.1) is 0 Å². The van der Waals surface area contributed by atoms with Crippen LogP contribution in [0.5, 0.6) is 11.5 Å². The number of aliphatic hydroxyl groups is 1. The van der Waals surface area contributed by atoms with Gasteiger partial charge in [0.25, 0.3) is 0 Å². The molecule has 1 rings (SSSR count). The molecule has 0 saturated carbocycles. The van der Waals surface area contributed by atoms with E-state index >= 15 is 0 Å². The number of amides is 1. The van der Waals surface area contributed by atoms with Crippen LogP contribution in [0.2, 0.25) is 0 Å². The first-order valence-electron chi connectivity index (χ1n) is 6.75. The highest BCUT2D eigenvalue weighted by atomic mass is 16.5. The minimum Gasteiger partial charge on any atom is -0.497 e. The second-order valence-electron chi connectivity index (χ2n) is 4.46. The maximum absolute atomic E-state index is 12.2. The summed E-state index contributed by atoms with van der Waals surface area (Å²) in [7, 11) is 3.16. The third kappa shape index (κ3) is 4.42. The monoisotopic (exact) mass is 281 g/mol. The number of hydrogen-bond donors (Lipinski definition) is 1. The van der Waals surface area contributed by atoms with Crippen LogP contribution in [-0.4, -0.2) is 49.8 Å². The smallest absolute Gasteiger partial charge is 0.227 e. The van der Waals surface area contributed by atoms with Gasteiger partial charge >= 0.3 is 0 Å². The molecule has 0 unspecified atom stereocenters. The molecule has 1 aromatic rings. The third-order valence-corrected chi connectivity index (χ3v) is 3.05. The Morgan fingerprint density at radius 3 is 2.55 bits per heavy atom. The highest BCUT2D eigenvalue weighted by molar-refractivity contribution is 5.79. The molecule has 1 aromatic carbocycles. The number of hydrogen-bond acceptors (Lipinski definition) is 4. The van der Waals surface area contributed by atoms with Crippen LogP contribution in [0.1, 0.15) is 18.9 Å². The zero-order chi connectivity index (χ0) is 15.0. The van der Waals surface area contributed by atoms with Gasteiger partial charge < -0.3 is 19.5 Å². The van der Waals surface area contributed by atoms with Crippen molar-refractivity contribution in [2.24, 2.45) is 0 Å². The summed E-state index contributed by atoms with van der Waals surface area (Å²) >= 11 is 0. The molecule has 0 fully saturated rings. The van der Waals surface area contributed by atoms with Crippen molar-refractivity contribution >= 4 is 5.91 Å². The fourth-order valence-corrected chi connectivity index (χ4v) is 2.02. The Morgan fingerprint density at radius 2 is 2.00 bits per heavy atom. The van der Waals surface area contributed by atoms with E-state index in [1.807, 2.05) is 13.0 Å². The van der Waals surface area contributed by atoms with Crippen LogP contribution in [0.25, 0.3) is 0 Å². The summed E-state index contributed by atoms with van der Waals surface area (Å²) in [6, 6.07) is 5.40. The van der Waals surface area contributed by atoms with Gasteiger partial charge in [-0.1, -0.05) is 13.0 Å². The maximum Gasteiger partial charge on any atom is 0.227 e. The molecule has 0 aliphatic carbocycles. The van der Waals surface area contributed by atoms with Crippen molar-refractivity contribution in [3.63, 3.8) is 0 Å². The SMILES string of the molecule is CCCN(CCO)C(=O)Cc1ccc(OC)cc1OC. The van der Waals surface area contributed by atoms with Gasteiger partial charge in [0.05, 0.1) is 27.2 Å². The Hall–Kier alpha value is -1.75. The number of nitrogens with zero attached hydrogens (tertiary/aromatic N) is 1. The average Bonchev–Trinajstić information content (AvgIpc) is 2.47. The second kappa shape index (κ2) is 8.43. The largest absolute Gasteiger partial charge is 0.497 e.